The van der Waals surface area contributed by atoms with E-state index in [0.29, 0.717) is 6.54 Å². The van der Waals surface area contributed by atoms with E-state index in [1.165, 1.54) is 15.6 Å². The minimum absolute atomic E-state index is 0.175. The Morgan fingerprint density at radius 1 is 1.40 bits per heavy atom. The first-order valence-electron chi connectivity index (χ1n) is 4.92. The van der Waals surface area contributed by atoms with Gasteiger partial charge in [-0.3, -0.25) is 4.79 Å². The zero-order chi connectivity index (χ0) is 10.7. The fourth-order valence-electron chi connectivity index (χ4n) is 1.54. The number of ketones is 1. The fraction of sp³-hybridized carbons (Fsp3) is 0.250. The van der Waals surface area contributed by atoms with Crippen LogP contribution in [-0.2, 0) is 11.3 Å². The molecule has 0 amide bonds. The summed E-state index contributed by atoms with van der Waals surface area (Å²) in [6.45, 7) is 2.81. The molecule has 0 unspecified atom stereocenters. The molecule has 78 valence electrons. The van der Waals surface area contributed by atoms with E-state index in [2.05, 4.69) is 22.8 Å². The third-order valence-corrected chi connectivity index (χ3v) is 3.26. The maximum atomic E-state index is 10.8. The first kappa shape index (κ1) is 10.3. The highest BCUT2D eigenvalue weighted by molar-refractivity contribution is 7.17. The number of fused-ring (bicyclic) bond motifs is 1. The molecule has 1 N–H and O–H groups in total. The molecule has 0 saturated carbocycles. The summed E-state index contributed by atoms with van der Waals surface area (Å²) in [5.74, 6) is 0.175. The summed E-state index contributed by atoms with van der Waals surface area (Å²) < 4.78 is 1.30. The Morgan fingerprint density at radius 3 is 3.00 bits per heavy atom. The summed E-state index contributed by atoms with van der Waals surface area (Å²) in [5.41, 5.74) is 1.27. The van der Waals surface area contributed by atoms with Crippen molar-refractivity contribution in [3.63, 3.8) is 0 Å². The van der Waals surface area contributed by atoms with Gasteiger partial charge in [-0.1, -0.05) is 18.2 Å². The quantitative estimate of drug-likeness (QED) is 0.856. The van der Waals surface area contributed by atoms with Crippen LogP contribution in [0.1, 0.15) is 12.5 Å². The van der Waals surface area contributed by atoms with Crippen molar-refractivity contribution in [2.75, 3.05) is 6.54 Å². The van der Waals surface area contributed by atoms with Gasteiger partial charge in [0, 0.05) is 11.2 Å². The Hall–Kier alpha value is -1.19. The van der Waals surface area contributed by atoms with Crippen molar-refractivity contribution in [2.45, 2.75) is 13.5 Å². The smallest absolute Gasteiger partial charge is 0.143 e. The van der Waals surface area contributed by atoms with Gasteiger partial charge in [0.25, 0.3) is 0 Å². The normalized spacial score (nSPS) is 10.7. The summed E-state index contributed by atoms with van der Waals surface area (Å²) >= 11 is 1.75. The van der Waals surface area contributed by atoms with E-state index in [-0.39, 0.29) is 5.78 Å². The first-order valence-corrected chi connectivity index (χ1v) is 5.80. The van der Waals surface area contributed by atoms with E-state index in [0.717, 1.165) is 6.54 Å². The molecule has 2 aromatic rings. The van der Waals surface area contributed by atoms with Crippen molar-refractivity contribution in [3.05, 3.63) is 35.2 Å². The molecule has 1 aromatic heterocycles. The van der Waals surface area contributed by atoms with Crippen LogP contribution >= 0.6 is 11.3 Å². The molecule has 0 radical (unpaired) electrons. The van der Waals surface area contributed by atoms with Crippen molar-refractivity contribution in [1.82, 2.24) is 5.32 Å². The molecule has 0 saturated heterocycles. The molecule has 0 spiro atoms. The van der Waals surface area contributed by atoms with Gasteiger partial charge in [0.2, 0.25) is 0 Å². The van der Waals surface area contributed by atoms with Gasteiger partial charge in [-0.05, 0) is 29.3 Å². The van der Waals surface area contributed by atoms with Gasteiger partial charge in [-0.25, -0.2) is 0 Å². The zero-order valence-corrected chi connectivity index (χ0v) is 9.43. The van der Waals surface area contributed by atoms with Crippen molar-refractivity contribution >= 4 is 27.2 Å². The predicted molar refractivity (Wildman–Crippen MR) is 64.2 cm³/mol. The molecular formula is C12H13NOS. The molecule has 1 aromatic carbocycles. The zero-order valence-electron chi connectivity index (χ0n) is 8.62. The van der Waals surface area contributed by atoms with Crippen molar-refractivity contribution in [2.24, 2.45) is 0 Å². The molecular weight excluding hydrogens is 206 g/mol. The highest BCUT2D eigenvalue weighted by Crippen LogP contribution is 2.25. The summed E-state index contributed by atoms with van der Waals surface area (Å²) in [6.07, 6.45) is 0. The van der Waals surface area contributed by atoms with E-state index in [4.69, 9.17) is 0 Å². The highest BCUT2D eigenvalue weighted by Gasteiger charge is 2.02. The largest absolute Gasteiger partial charge is 0.306 e. The number of Topliss-reactive ketones (excluding diaryl/α,β-unsaturated/α-hetero) is 1. The van der Waals surface area contributed by atoms with Crippen LogP contribution in [0.2, 0.25) is 0 Å². The van der Waals surface area contributed by atoms with Crippen LogP contribution in [0.4, 0.5) is 0 Å². The SMILES string of the molecule is CC(=O)CNCc1csc2ccccc12. The van der Waals surface area contributed by atoms with Crippen molar-refractivity contribution < 1.29 is 4.79 Å². The number of hydrogen-bond acceptors (Lipinski definition) is 3. The molecule has 0 atom stereocenters. The van der Waals surface area contributed by atoms with E-state index in [1.54, 1.807) is 18.3 Å². The van der Waals surface area contributed by atoms with Gasteiger partial charge in [0.1, 0.15) is 5.78 Å². The van der Waals surface area contributed by atoms with Crippen LogP contribution < -0.4 is 5.32 Å². The Morgan fingerprint density at radius 2 is 2.20 bits per heavy atom. The molecule has 0 fully saturated rings. The number of benzene rings is 1. The number of thiophene rings is 1. The number of rotatable bonds is 4. The molecule has 0 aliphatic carbocycles. The monoisotopic (exact) mass is 219 g/mol. The molecule has 2 nitrogen and oxygen atoms in total. The summed E-state index contributed by atoms with van der Waals surface area (Å²) in [7, 11) is 0. The second-order valence-electron chi connectivity index (χ2n) is 3.56. The van der Waals surface area contributed by atoms with Crippen LogP contribution in [0, 0.1) is 0 Å². The molecule has 15 heavy (non-hydrogen) atoms. The lowest BCUT2D eigenvalue weighted by Crippen LogP contribution is -2.20. The maximum absolute atomic E-state index is 10.8. The summed E-state index contributed by atoms with van der Waals surface area (Å²) in [5, 5.41) is 6.58. The minimum Gasteiger partial charge on any atom is -0.306 e. The standard InChI is InChI=1S/C12H13NOS/c1-9(14)6-13-7-10-8-15-12-5-3-2-4-11(10)12/h2-5,8,13H,6-7H2,1H3. The van der Waals surface area contributed by atoms with Gasteiger partial charge in [-0.15, -0.1) is 11.3 Å². The summed E-state index contributed by atoms with van der Waals surface area (Å²) in [4.78, 5) is 10.8. The van der Waals surface area contributed by atoms with E-state index < -0.39 is 0 Å². The third kappa shape index (κ3) is 2.43. The van der Waals surface area contributed by atoms with Gasteiger partial charge in [-0.2, -0.15) is 0 Å². The molecule has 0 aliphatic heterocycles. The van der Waals surface area contributed by atoms with Crippen molar-refractivity contribution in [1.29, 1.82) is 0 Å². The molecule has 0 bridgehead atoms. The molecule has 2 rings (SSSR count). The second-order valence-corrected chi connectivity index (χ2v) is 4.47. The fourth-order valence-corrected chi connectivity index (χ4v) is 2.51. The average Bonchev–Trinajstić information content (AvgIpc) is 2.62. The van der Waals surface area contributed by atoms with E-state index >= 15 is 0 Å². The number of carbonyl (C=O) groups excluding carboxylic acids is 1. The van der Waals surface area contributed by atoms with Crippen molar-refractivity contribution in [3.8, 4) is 0 Å². The maximum Gasteiger partial charge on any atom is 0.143 e. The average molecular weight is 219 g/mol. The number of nitrogens with one attached hydrogen (secondary N) is 1. The number of carbonyl (C=O) groups is 1. The van der Waals surface area contributed by atoms with Crippen LogP contribution in [0.5, 0.6) is 0 Å². The van der Waals surface area contributed by atoms with Crippen LogP contribution in [0.3, 0.4) is 0 Å². The lowest BCUT2D eigenvalue weighted by Gasteiger charge is -2.00. The third-order valence-electron chi connectivity index (χ3n) is 2.25. The summed E-state index contributed by atoms with van der Waals surface area (Å²) in [6, 6.07) is 8.33. The van der Waals surface area contributed by atoms with Gasteiger partial charge in [0.05, 0.1) is 6.54 Å². The van der Waals surface area contributed by atoms with Crippen LogP contribution in [0.15, 0.2) is 29.6 Å². The lowest BCUT2D eigenvalue weighted by molar-refractivity contribution is -0.116. The van der Waals surface area contributed by atoms with Crippen LogP contribution in [0.25, 0.3) is 10.1 Å². The Labute approximate surface area is 92.9 Å². The van der Waals surface area contributed by atoms with Gasteiger partial charge >= 0.3 is 0 Å². The minimum atomic E-state index is 0.175. The molecule has 1 heterocycles. The Bertz CT molecular complexity index is 475. The highest BCUT2D eigenvalue weighted by atomic mass is 32.1. The molecule has 3 heteroatoms. The van der Waals surface area contributed by atoms with E-state index in [1.807, 2.05) is 12.1 Å². The second kappa shape index (κ2) is 4.55. The topological polar surface area (TPSA) is 29.1 Å². The molecule has 0 aliphatic rings. The van der Waals surface area contributed by atoms with Gasteiger partial charge in [0.15, 0.2) is 0 Å². The lowest BCUT2D eigenvalue weighted by atomic mass is 10.2. The van der Waals surface area contributed by atoms with Gasteiger partial charge < -0.3 is 5.32 Å². The Kier molecular flexibility index (Phi) is 3.14. The number of hydrogen-bond donors (Lipinski definition) is 1. The Balaban J connectivity index is 2.11. The van der Waals surface area contributed by atoms with Crippen LogP contribution in [-0.4, -0.2) is 12.3 Å². The predicted octanol–water partition coefficient (Wildman–Crippen LogP) is 2.58. The van der Waals surface area contributed by atoms with E-state index in [9.17, 15) is 4.79 Å². The first-order chi connectivity index (χ1) is 7.27.